The summed E-state index contributed by atoms with van der Waals surface area (Å²) in [4.78, 5) is 23.0. The number of carboxylic acids is 1. The number of nitrogens with one attached hydrogen (secondary N) is 1. The number of carbonyl (C=O) groups excluding carboxylic acids is 1. The van der Waals surface area contributed by atoms with Gasteiger partial charge >= 0.3 is 5.97 Å². The van der Waals surface area contributed by atoms with Gasteiger partial charge in [0.2, 0.25) is 0 Å². The largest absolute Gasteiger partial charge is 0.484 e. The molecule has 1 aromatic rings. The first kappa shape index (κ1) is 16.6. The predicted molar refractivity (Wildman–Crippen MR) is 83.0 cm³/mol. The van der Waals surface area contributed by atoms with Crippen LogP contribution in [0.15, 0.2) is 24.3 Å². The molecule has 0 spiro atoms. The summed E-state index contributed by atoms with van der Waals surface area (Å²) in [6.07, 6.45) is 3.50. The number of carbonyl (C=O) groups is 2. The van der Waals surface area contributed by atoms with Crippen molar-refractivity contribution in [3.63, 3.8) is 0 Å². The number of hydrogen-bond donors (Lipinski definition) is 2. The molecule has 0 aromatic heterocycles. The number of benzene rings is 1. The smallest absolute Gasteiger partial charge is 0.306 e. The Kier molecular flexibility index (Phi) is 6.07. The quantitative estimate of drug-likeness (QED) is 0.843. The first-order valence-corrected chi connectivity index (χ1v) is 7.82. The van der Waals surface area contributed by atoms with E-state index in [1.165, 1.54) is 0 Å². The van der Waals surface area contributed by atoms with Crippen LogP contribution in [0.1, 0.15) is 25.7 Å². The lowest BCUT2D eigenvalue weighted by atomic mass is 9.79. The fourth-order valence-corrected chi connectivity index (χ4v) is 2.88. The molecule has 0 aliphatic heterocycles. The lowest BCUT2D eigenvalue weighted by Crippen LogP contribution is -2.38. The van der Waals surface area contributed by atoms with Gasteiger partial charge in [-0.3, -0.25) is 9.59 Å². The molecule has 120 valence electrons. The molecule has 5 nitrogen and oxygen atoms in total. The van der Waals surface area contributed by atoms with E-state index in [1.54, 1.807) is 24.3 Å². The van der Waals surface area contributed by atoms with Crippen LogP contribution in [-0.4, -0.2) is 30.1 Å². The zero-order valence-electron chi connectivity index (χ0n) is 12.3. The summed E-state index contributed by atoms with van der Waals surface area (Å²) in [6, 6.07) is 6.76. The van der Waals surface area contributed by atoms with Gasteiger partial charge in [-0.2, -0.15) is 0 Å². The van der Waals surface area contributed by atoms with Gasteiger partial charge in [0.15, 0.2) is 6.61 Å². The number of halogens is 1. The lowest BCUT2D eigenvalue weighted by molar-refractivity contribution is -0.145. The van der Waals surface area contributed by atoms with Crippen molar-refractivity contribution >= 4 is 23.5 Å². The van der Waals surface area contributed by atoms with E-state index in [9.17, 15) is 14.7 Å². The molecule has 2 rings (SSSR count). The highest BCUT2D eigenvalue weighted by Gasteiger charge is 2.30. The average Bonchev–Trinajstić information content (AvgIpc) is 2.52. The summed E-state index contributed by atoms with van der Waals surface area (Å²) >= 11 is 5.77. The van der Waals surface area contributed by atoms with Gasteiger partial charge in [0.25, 0.3) is 5.91 Å². The number of carboxylic acid groups (broad SMARTS) is 1. The Labute approximate surface area is 134 Å². The van der Waals surface area contributed by atoms with E-state index >= 15 is 0 Å². The van der Waals surface area contributed by atoms with Gasteiger partial charge in [0.05, 0.1) is 5.92 Å². The second kappa shape index (κ2) is 8.03. The fourth-order valence-electron chi connectivity index (χ4n) is 2.75. The number of hydrogen-bond acceptors (Lipinski definition) is 3. The molecule has 0 heterocycles. The summed E-state index contributed by atoms with van der Waals surface area (Å²) in [5.41, 5.74) is 0. The van der Waals surface area contributed by atoms with E-state index in [2.05, 4.69) is 5.32 Å². The Bertz CT molecular complexity index is 517. The standard InChI is InChI=1S/C16H20ClNO4/c17-12-5-7-13(8-6-12)22-10-15(19)18-9-11-3-1-2-4-14(11)16(20)21/h5-8,11,14H,1-4,9-10H2,(H,18,19)(H,20,21)/t11-,14-/m0/s1. The SMILES string of the molecule is O=C(COc1ccc(Cl)cc1)NC[C@@H]1CCCC[C@@H]1C(=O)O. The van der Waals surface area contributed by atoms with Gasteiger partial charge in [-0.05, 0) is 43.0 Å². The lowest BCUT2D eigenvalue weighted by Gasteiger charge is -2.28. The van der Waals surface area contributed by atoms with E-state index in [4.69, 9.17) is 16.3 Å². The van der Waals surface area contributed by atoms with E-state index in [0.717, 1.165) is 19.3 Å². The predicted octanol–water partition coefficient (Wildman–Crippen LogP) is 2.73. The van der Waals surface area contributed by atoms with Crippen LogP contribution in [0, 0.1) is 11.8 Å². The highest BCUT2D eigenvalue weighted by molar-refractivity contribution is 6.30. The molecule has 1 aliphatic carbocycles. The van der Waals surface area contributed by atoms with E-state index in [1.807, 2.05) is 0 Å². The minimum absolute atomic E-state index is 0.00531. The Morgan fingerprint density at radius 1 is 1.23 bits per heavy atom. The third kappa shape index (κ3) is 4.91. The number of amides is 1. The van der Waals surface area contributed by atoms with Crippen LogP contribution in [0.25, 0.3) is 0 Å². The summed E-state index contributed by atoms with van der Waals surface area (Å²) in [7, 11) is 0. The zero-order valence-corrected chi connectivity index (χ0v) is 13.0. The molecule has 0 radical (unpaired) electrons. The third-order valence-electron chi connectivity index (χ3n) is 3.97. The molecule has 0 unspecified atom stereocenters. The van der Waals surface area contributed by atoms with Crippen molar-refractivity contribution in [3.05, 3.63) is 29.3 Å². The Balaban J connectivity index is 1.74. The van der Waals surface area contributed by atoms with E-state index in [0.29, 0.717) is 23.7 Å². The summed E-state index contributed by atoms with van der Waals surface area (Å²) in [6.45, 7) is 0.297. The summed E-state index contributed by atoms with van der Waals surface area (Å²) in [5, 5.41) is 12.6. The zero-order chi connectivity index (χ0) is 15.9. The molecule has 1 aromatic carbocycles. The van der Waals surface area contributed by atoms with Crippen molar-refractivity contribution in [2.45, 2.75) is 25.7 Å². The molecule has 1 aliphatic rings. The van der Waals surface area contributed by atoms with Crippen LogP contribution >= 0.6 is 11.6 Å². The second-order valence-electron chi connectivity index (χ2n) is 5.54. The highest BCUT2D eigenvalue weighted by Crippen LogP contribution is 2.29. The van der Waals surface area contributed by atoms with Crippen LogP contribution in [0.4, 0.5) is 0 Å². The maximum atomic E-state index is 11.8. The van der Waals surface area contributed by atoms with Gasteiger partial charge in [-0.25, -0.2) is 0 Å². The molecule has 0 saturated heterocycles. The molecule has 0 bridgehead atoms. The first-order chi connectivity index (χ1) is 10.6. The van der Waals surface area contributed by atoms with Crippen molar-refractivity contribution in [3.8, 4) is 5.75 Å². The van der Waals surface area contributed by atoms with Crippen molar-refractivity contribution in [2.75, 3.05) is 13.2 Å². The topological polar surface area (TPSA) is 75.6 Å². The molecular formula is C16H20ClNO4. The number of ether oxygens (including phenoxy) is 1. The Morgan fingerprint density at radius 2 is 1.91 bits per heavy atom. The van der Waals surface area contributed by atoms with Crippen molar-refractivity contribution in [2.24, 2.45) is 11.8 Å². The van der Waals surface area contributed by atoms with Crippen LogP contribution in [0.3, 0.4) is 0 Å². The monoisotopic (exact) mass is 325 g/mol. The van der Waals surface area contributed by atoms with Crippen molar-refractivity contribution in [1.82, 2.24) is 5.32 Å². The molecule has 2 atom stereocenters. The van der Waals surface area contributed by atoms with E-state index in [-0.39, 0.29) is 24.3 Å². The van der Waals surface area contributed by atoms with Crippen LogP contribution in [-0.2, 0) is 9.59 Å². The van der Waals surface area contributed by atoms with Gasteiger partial charge in [-0.1, -0.05) is 24.4 Å². The Hall–Kier alpha value is -1.75. The second-order valence-corrected chi connectivity index (χ2v) is 5.97. The minimum Gasteiger partial charge on any atom is -0.484 e. The summed E-state index contributed by atoms with van der Waals surface area (Å²) < 4.78 is 5.35. The van der Waals surface area contributed by atoms with Crippen molar-refractivity contribution < 1.29 is 19.4 Å². The van der Waals surface area contributed by atoms with Gasteiger partial charge in [0.1, 0.15) is 5.75 Å². The highest BCUT2D eigenvalue weighted by atomic mass is 35.5. The molecule has 1 amide bonds. The van der Waals surface area contributed by atoms with Crippen molar-refractivity contribution in [1.29, 1.82) is 0 Å². The number of aliphatic carboxylic acids is 1. The van der Waals surface area contributed by atoms with Crippen LogP contribution in [0.2, 0.25) is 5.02 Å². The summed E-state index contributed by atoms with van der Waals surface area (Å²) in [5.74, 6) is -0.793. The molecule has 22 heavy (non-hydrogen) atoms. The molecule has 6 heteroatoms. The third-order valence-corrected chi connectivity index (χ3v) is 4.22. The van der Waals surface area contributed by atoms with Gasteiger partial charge in [0, 0.05) is 11.6 Å². The van der Waals surface area contributed by atoms with E-state index < -0.39 is 5.97 Å². The van der Waals surface area contributed by atoms with Gasteiger partial charge < -0.3 is 15.2 Å². The number of rotatable bonds is 6. The normalized spacial score (nSPS) is 21.1. The Morgan fingerprint density at radius 3 is 2.59 bits per heavy atom. The maximum Gasteiger partial charge on any atom is 0.306 e. The first-order valence-electron chi connectivity index (χ1n) is 7.44. The molecular weight excluding hydrogens is 306 g/mol. The molecule has 1 saturated carbocycles. The van der Waals surface area contributed by atoms with Crippen LogP contribution < -0.4 is 10.1 Å². The molecule has 1 fully saturated rings. The average molecular weight is 326 g/mol. The maximum absolute atomic E-state index is 11.8. The minimum atomic E-state index is -0.767. The van der Waals surface area contributed by atoms with Gasteiger partial charge in [-0.15, -0.1) is 0 Å². The molecule has 2 N–H and O–H groups in total. The fraction of sp³-hybridized carbons (Fsp3) is 0.500. The van der Waals surface area contributed by atoms with Crippen LogP contribution in [0.5, 0.6) is 5.75 Å².